The number of thioether (sulfide) groups is 1. The van der Waals surface area contributed by atoms with E-state index < -0.39 is 0 Å². The summed E-state index contributed by atoms with van der Waals surface area (Å²) in [4.78, 5) is 11.3. The van der Waals surface area contributed by atoms with Crippen molar-refractivity contribution in [1.82, 2.24) is 5.32 Å². The van der Waals surface area contributed by atoms with E-state index in [-0.39, 0.29) is 16.8 Å². The lowest BCUT2D eigenvalue weighted by atomic mass is 10.0. The average molecular weight is 170 g/mol. The van der Waals surface area contributed by atoms with Crippen LogP contribution in [0, 0.1) is 0 Å². The number of nitrogens with one attached hydrogen (secondary N) is 1. The van der Waals surface area contributed by atoms with Crippen molar-refractivity contribution in [1.29, 1.82) is 0 Å². The number of hydrogen-bond donors (Lipinski definition) is 2. The number of allylic oxidation sites excluding steroid dienone is 1. The van der Waals surface area contributed by atoms with Crippen molar-refractivity contribution in [2.24, 2.45) is 5.73 Å². The summed E-state index contributed by atoms with van der Waals surface area (Å²) in [6.45, 7) is 0. The topological polar surface area (TPSA) is 55.1 Å². The highest BCUT2D eigenvalue weighted by Gasteiger charge is 2.36. The van der Waals surface area contributed by atoms with Gasteiger partial charge in [-0.05, 0) is 0 Å². The fraction of sp³-hybridized carbons (Fsp3) is 0.571. The third kappa shape index (κ3) is 1.21. The largest absolute Gasteiger partial charge is 0.307 e. The number of carbonyl (C=O) groups is 1. The number of ketones is 1. The molecular formula is C7H10N2OS. The lowest BCUT2D eigenvalue weighted by Crippen LogP contribution is -2.39. The number of Topliss-reactive ketones (excluding diaryl/α,β-unsaturated/α-hetero) is 1. The van der Waals surface area contributed by atoms with Gasteiger partial charge in [-0.3, -0.25) is 10.1 Å². The number of hydrogen-bond acceptors (Lipinski definition) is 4. The summed E-state index contributed by atoms with van der Waals surface area (Å²) in [5, 5.41) is 3.18. The Morgan fingerprint density at radius 2 is 2.55 bits per heavy atom. The molecule has 0 aromatic heterocycles. The SMILES string of the molecule is NC1NC2C=CCC(=O)C2S1. The second-order valence-corrected chi connectivity index (χ2v) is 4.06. The maximum Gasteiger partial charge on any atom is 0.151 e. The molecule has 60 valence electrons. The molecule has 0 saturated carbocycles. The first kappa shape index (κ1) is 7.34. The van der Waals surface area contributed by atoms with Gasteiger partial charge >= 0.3 is 0 Å². The summed E-state index contributed by atoms with van der Waals surface area (Å²) in [6, 6.07) is 0.177. The van der Waals surface area contributed by atoms with Crippen LogP contribution in [0.2, 0.25) is 0 Å². The van der Waals surface area contributed by atoms with Crippen molar-refractivity contribution in [3.63, 3.8) is 0 Å². The molecule has 1 saturated heterocycles. The Bertz CT molecular complexity index is 216. The zero-order valence-electron chi connectivity index (χ0n) is 5.99. The van der Waals surface area contributed by atoms with Crippen molar-refractivity contribution in [3.8, 4) is 0 Å². The highest BCUT2D eigenvalue weighted by Crippen LogP contribution is 2.29. The quantitative estimate of drug-likeness (QED) is 0.496. The lowest BCUT2D eigenvalue weighted by molar-refractivity contribution is -0.118. The van der Waals surface area contributed by atoms with Crippen LogP contribution in [0.1, 0.15) is 6.42 Å². The van der Waals surface area contributed by atoms with Gasteiger partial charge in [0.25, 0.3) is 0 Å². The minimum absolute atomic E-state index is 0.0648. The monoisotopic (exact) mass is 170 g/mol. The molecule has 0 spiro atoms. The van der Waals surface area contributed by atoms with E-state index in [1.807, 2.05) is 12.2 Å². The first-order valence-corrected chi connectivity index (χ1v) is 4.58. The summed E-state index contributed by atoms with van der Waals surface area (Å²) < 4.78 is 0. The van der Waals surface area contributed by atoms with Gasteiger partial charge in [0, 0.05) is 12.5 Å². The molecule has 3 N–H and O–H groups in total. The molecule has 4 heteroatoms. The Morgan fingerprint density at radius 1 is 1.73 bits per heavy atom. The van der Waals surface area contributed by atoms with Crippen molar-refractivity contribution in [2.45, 2.75) is 23.2 Å². The van der Waals surface area contributed by atoms with E-state index >= 15 is 0 Å². The summed E-state index contributed by atoms with van der Waals surface area (Å²) in [5.41, 5.74) is 5.55. The van der Waals surface area contributed by atoms with Crippen molar-refractivity contribution in [3.05, 3.63) is 12.2 Å². The van der Waals surface area contributed by atoms with E-state index in [1.165, 1.54) is 11.8 Å². The van der Waals surface area contributed by atoms with Gasteiger partial charge in [0.2, 0.25) is 0 Å². The molecule has 1 fully saturated rings. The summed E-state index contributed by atoms with van der Waals surface area (Å²) in [7, 11) is 0. The van der Waals surface area contributed by atoms with Gasteiger partial charge in [0.1, 0.15) is 5.50 Å². The van der Waals surface area contributed by atoms with Crippen LogP contribution in [0.15, 0.2) is 12.2 Å². The number of nitrogens with two attached hydrogens (primary N) is 1. The third-order valence-electron chi connectivity index (χ3n) is 1.96. The highest BCUT2D eigenvalue weighted by molar-refractivity contribution is 8.01. The Labute approximate surface area is 69.4 Å². The Morgan fingerprint density at radius 3 is 3.27 bits per heavy atom. The average Bonchev–Trinajstić information content (AvgIpc) is 2.31. The molecule has 1 heterocycles. The summed E-state index contributed by atoms with van der Waals surface area (Å²) >= 11 is 1.52. The number of carbonyl (C=O) groups excluding carboxylic acids is 1. The van der Waals surface area contributed by atoms with Crippen molar-refractivity contribution < 1.29 is 4.79 Å². The van der Waals surface area contributed by atoms with Gasteiger partial charge in [0.05, 0.1) is 5.25 Å². The molecule has 1 aliphatic carbocycles. The van der Waals surface area contributed by atoms with Gasteiger partial charge in [-0.2, -0.15) is 0 Å². The van der Waals surface area contributed by atoms with Crippen LogP contribution in [0.4, 0.5) is 0 Å². The Balaban J connectivity index is 2.19. The van der Waals surface area contributed by atoms with Gasteiger partial charge in [0.15, 0.2) is 5.78 Å². The lowest BCUT2D eigenvalue weighted by Gasteiger charge is -2.16. The van der Waals surface area contributed by atoms with Crippen molar-refractivity contribution in [2.75, 3.05) is 0 Å². The fourth-order valence-corrected chi connectivity index (χ4v) is 2.58. The maximum absolute atomic E-state index is 11.3. The molecular weight excluding hydrogens is 160 g/mol. The fourth-order valence-electron chi connectivity index (χ4n) is 1.44. The maximum atomic E-state index is 11.3. The van der Waals surface area contributed by atoms with Crippen LogP contribution in [0.25, 0.3) is 0 Å². The first-order valence-electron chi connectivity index (χ1n) is 3.64. The van der Waals surface area contributed by atoms with Crippen molar-refractivity contribution >= 4 is 17.5 Å². The van der Waals surface area contributed by atoms with Crippen LogP contribution in [-0.2, 0) is 4.79 Å². The van der Waals surface area contributed by atoms with Crippen LogP contribution in [0.3, 0.4) is 0 Å². The van der Waals surface area contributed by atoms with Crippen LogP contribution in [-0.4, -0.2) is 22.6 Å². The van der Waals surface area contributed by atoms with Gasteiger partial charge in [-0.25, -0.2) is 0 Å². The molecule has 0 aromatic rings. The summed E-state index contributed by atoms with van der Waals surface area (Å²) in [6.07, 6.45) is 4.52. The molecule has 1 aliphatic heterocycles. The van der Waals surface area contributed by atoms with E-state index in [0.717, 1.165) is 0 Å². The molecule has 0 bridgehead atoms. The minimum atomic E-state index is -0.0725. The highest BCUT2D eigenvalue weighted by atomic mass is 32.2. The van der Waals surface area contributed by atoms with Gasteiger partial charge in [-0.1, -0.05) is 12.2 Å². The zero-order valence-corrected chi connectivity index (χ0v) is 6.80. The molecule has 3 nitrogen and oxygen atoms in total. The molecule has 11 heavy (non-hydrogen) atoms. The van der Waals surface area contributed by atoms with E-state index in [2.05, 4.69) is 5.32 Å². The molecule has 0 aromatic carbocycles. The molecule has 2 rings (SSSR count). The molecule has 0 amide bonds. The Hall–Kier alpha value is -0.320. The zero-order chi connectivity index (χ0) is 7.84. The second-order valence-electron chi connectivity index (χ2n) is 2.77. The van der Waals surface area contributed by atoms with E-state index in [0.29, 0.717) is 12.2 Å². The smallest absolute Gasteiger partial charge is 0.151 e. The van der Waals surface area contributed by atoms with E-state index in [9.17, 15) is 4.79 Å². The van der Waals surface area contributed by atoms with E-state index in [4.69, 9.17) is 5.73 Å². The van der Waals surface area contributed by atoms with Gasteiger partial charge < -0.3 is 5.73 Å². The number of rotatable bonds is 0. The van der Waals surface area contributed by atoms with Crippen LogP contribution in [0.5, 0.6) is 0 Å². The second kappa shape index (κ2) is 2.62. The predicted octanol–water partition coefficient (Wildman–Crippen LogP) is -0.169. The van der Waals surface area contributed by atoms with E-state index in [1.54, 1.807) is 0 Å². The molecule has 3 atom stereocenters. The molecule has 3 unspecified atom stereocenters. The molecule has 0 radical (unpaired) electrons. The predicted molar refractivity (Wildman–Crippen MR) is 45.0 cm³/mol. The standard InChI is InChI=1S/C7H10N2OS/c8-7-9-4-2-1-3-5(10)6(4)11-7/h1-2,4,6-7,9H,3,8H2. The summed E-state index contributed by atoms with van der Waals surface area (Å²) in [5.74, 6) is 0.294. The molecule has 2 aliphatic rings. The van der Waals surface area contributed by atoms with Crippen LogP contribution < -0.4 is 11.1 Å². The van der Waals surface area contributed by atoms with Gasteiger partial charge in [-0.15, -0.1) is 11.8 Å². The Kier molecular flexibility index (Phi) is 1.75. The van der Waals surface area contributed by atoms with Crippen LogP contribution >= 0.6 is 11.8 Å². The normalized spacial score (nSPS) is 42.6. The minimum Gasteiger partial charge on any atom is -0.307 e. The number of fused-ring (bicyclic) bond motifs is 1. The first-order chi connectivity index (χ1) is 5.27. The third-order valence-corrected chi connectivity index (χ3v) is 3.23.